The Kier molecular flexibility index (Phi) is 3.46. The minimum Gasteiger partial charge on any atom is -0.478 e. The number of rotatable bonds is 3. The number of aromatic nitrogens is 1. The summed E-state index contributed by atoms with van der Waals surface area (Å²) in [5.74, 6) is -0.521. The zero-order chi connectivity index (χ0) is 14.8. The van der Waals surface area contributed by atoms with Crippen molar-refractivity contribution in [2.45, 2.75) is 0 Å². The van der Waals surface area contributed by atoms with Crippen LogP contribution in [-0.4, -0.2) is 16.1 Å². The van der Waals surface area contributed by atoms with E-state index in [0.717, 1.165) is 11.1 Å². The van der Waals surface area contributed by atoms with Gasteiger partial charge in [0, 0.05) is 16.1 Å². The Morgan fingerprint density at radius 3 is 2.24 bits per heavy atom. The molecular weight excluding hydrogens is 290 g/mol. The number of hydrogen-bond acceptors (Lipinski definition) is 3. The van der Waals surface area contributed by atoms with E-state index >= 15 is 0 Å². The molecule has 0 saturated carbocycles. The third-order valence-electron chi connectivity index (χ3n) is 3.02. The van der Waals surface area contributed by atoms with E-state index in [-0.39, 0.29) is 5.56 Å². The van der Waals surface area contributed by atoms with Gasteiger partial charge in [0.1, 0.15) is 12.0 Å². The van der Waals surface area contributed by atoms with Gasteiger partial charge in [-0.3, -0.25) is 0 Å². The molecule has 0 bridgehead atoms. The third-order valence-corrected chi connectivity index (χ3v) is 3.27. The Hall–Kier alpha value is -2.59. The lowest BCUT2D eigenvalue weighted by atomic mass is 10.1. The van der Waals surface area contributed by atoms with Crippen LogP contribution in [0.5, 0.6) is 0 Å². The molecule has 3 aromatic rings. The van der Waals surface area contributed by atoms with Gasteiger partial charge in [0.05, 0.1) is 5.56 Å². The van der Waals surface area contributed by atoms with Gasteiger partial charge in [-0.05, 0) is 36.4 Å². The summed E-state index contributed by atoms with van der Waals surface area (Å²) in [6.45, 7) is 0. The third kappa shape index (κ3) is 2.80. The van der Waals surface area contributed by atoms with Crippen LogP contribution in [0.2, 0.25) is 5.02 Å². The van der Waals surface area contributed by atoms with Gasteiger partial charge in [0.25, 0.3) is 0 Å². The highest BCUT2D eigenvalue weighted by molar-refractivity contribution is 6.30. The van der Waals surface area contributed by atoms with Crippen molar-refractivity contribution in [2.75, 3.05) is 0 Å². The summed E-state index contributed by atoms with van der Waals surface area (Å²) in [7, 11) is 0. The number of carboxylic acid groups (broad SMARTS) is 1. The average molecular weight is 300 g/mol. The summed E-state index contributed by atoms with van der Waals surface area (Å²) >= 11 is 5.85. The molecule has 1 heterocycles. The molecule has 0 aliphatic carbocycles. The maximum atomic E-state index is 10.8. The number of hydrogen-bond donors (Lipinski definition) is 1. The monoisotopic (exact) mass is 299 g/mol. The molecule has 0 radical (unpaired) electrons. The van der Waals surface area contributed by atoms with E-state index in [1.54, 1.807) is 30.5 Å². The fraction of sp³-hybridized carbons (Fsp3) is 0. The second kappa shape index (κ2) is 5.42. The lowest BCUT2D eigenvalue weighted by Crippen LogP contribution is -1.94. The highest BCUT2D eigenvalue weighted by Gasteiger charge is 2.09. The number of carbonyl (C=O) groups is 1. The second-order valence-corrected chi connectivity index (χ2v) is 4.86. The molecule has 104 valence electrons. The van der Waals surface area contributed by atoms with Crippen molar-refractivity contribution in [1.29, 1.82) is 0 Å². The first-order valence-electron chi connectivity index (χ1n) is 6.19. The zero-order valence-corrected chi connectivity index (χ0v) is 11.5. The molecule has 2 aromatic carbocycles. The van der Waals surface area contributed by atoms with E-state index in [4.69, 9.17) is 21.1 Å². The fourth-order valence-corrected chi connectivity index (χ4v) is 2.04. The van der Waals surface area contributed by atoms with Crippen LogP contribution >= 0.6 is 11.6 Å². The van der Waals surface area contributed by atoms with Crippen LogP contribution in [0.4, 0.5) is 0 Å². The normalized spacial score (nSPS) is 10.5. The molecule has 0 atom stereocenters. The zero-order valence-electron chi connectivity index (χ0n) is 10.8. The van der Waals surface area contributed by atoms with Gasteiger partial charge in [-0.15, -0.1) is 0 Å². The highest BCUT2D eigenvalue weighted by atomic mass is 35.5. The standard InChI is InChI=1S/C16H10ClNO3/c17-13-7-5-10(6-8-13)14-9-21-15(18-14)11-1-3-12(4-2-11)16(19)20/h1-9H,(H,19,20). The first-order chi connectivity index (χ1) is 10.1. The predicted molar refractivity (Wildman–Crippen MR) is 79.3 cm³/mol. The van der Waals surface area contributed by atoms with Gasteiger partial charge < -0.3 is 9.52 Å². The molecule has 1 aromatic heterocycles. The van der Waals surface area contributed by atoms with Crippen LogP contribution < -0.4 is 0 Å². The van der Waals surface area contributed by atoms with Crippen LogP contribution in [-0.2, 0) is 0 Å². The smallest absolute Gasteiger partial charge is 0.335 e. The van der Waals surface area contributed by atoms with Gasteiger partial charge in [-0.2, -0.15) is 0 Å². The molecule has 3 rings (SSSR count). The topological polar surface area (TPSA) is 63.3 Å². The van der Waals surface area contributed by atoms with E-state index in [2.05, 4.69) is 4.98 Å². The van der Waals surface area contributed by atoms with Crippen molar-refractivity contribution in [3.05, 3.63) is 65.4 Å². The second-order valence-electron chi connectivity index (χ2n) is 4.43. The first kappa shape index (κ1) is 13.4. The first-order valence-corrected chi connectivity index (χ1v) is 6.56. The van der Waals surface area contributed by atoms with Crippen molar-refractivity contribution >= 4 is 17.6 Å². The highest BCUT2D eigenvalue weighted by Crippen LogP contribution is 2.25. The summed E-state index contributed by atoms with van der Waals surface area (Å²) < 4.78 is 5.44. The molecule has 4 nitrogen and oxygen atoms in total. The Balaban J connectivity index is 1.90. The molecule has 5 heteroatoms. The Morgan fingerprint density at radius 2 is 1.62 bits per heavy atom. The summed E-state index contributed by atoms with van der Waals surface area (Å²) in [6, 6.07) is 13.7. The van der Waals surface area contributed by atoms with Crippen molar-refractivity contribution in [3.8, 4) is 22.7 Å². The van der Waals surface area contributed by atoms with Crippen molar-refractivity contribution in [1.82, 2.24) is 4.98 Å². The molecule has 0 amide bonds. The molecule has 21 heavy (non-hydrogen) atoms. The van der Waals surface area contributed by atoms with Crippen molar-refractivity contribution in [3.63, 3.8) is 0 Å². The average Bonchev–Trinajstić information content (AvgIpc) is 2.98. The largest absolute Gasteiger partial charge is 0.478 e. The van der Waals surface area contributed by atoms with Crippen LogP contribution in [0.3, 0.4) is 0 Å². The maximum absolute atomic E-state index is 10.8. The molecule has 0 aliphatic rings. The van der Waals surface area contributed by atoms with E-state index in [1.165, 1.54) is 12.1 Å². The molecule has 0 fully saturated rings. The summed E-state index contributed by atoms with van der Waals surface area (Å²) in [6.07, 6.45) is 1.56. The summed E-state index contributed by atoms with van der Waals surface area (Å²) in [4.78, 5) is 15.2. The number of benzene rings is 2. The molecule has 0 aliphatic heterocycles. The Morgan fingerprint density at radius 1 is 1.00 bits per heavy atom. The molecule has 0 unspecified atom stereocenters. The lowest BCUT2D eigenvalue weighted by Gasteiger charge is -1.97. The Labute approximate surface area is 125 Å². The van der Waals surface area contributed by atoms with Gasteiger partial charge in [0.2, 0.25) is 5.89 Å². The molecule has 1 N–H and O–H groups in total. The van der Waals surface area contributed by atoms with Gasteiger partial charge in [-0.25, -0.2) is 9.78 Å². The SMILES string of the molecule is O=C(O)c1ccc(-c2nc(-c3ccc(Cl)cc3)co2)cc1. The number of carboxylic acids is 1. The number of aromatic carboxylic acids is 1. The fourth-order valence-electron chi connectivity index (χ4n) is 1.91. The van der Waals surface area contributed by atoms with Crippen LogP contribution in [0.15, 0.2) is 59.2 Å². The Bertz CT molecular complexity index is 776. The van der Waals surface area contributed by atoms with Crippen LogP contribution in [0.1, 0.15) is 10.4 Å². The summed E-state index contributed by atoms with van der Waals surface area (Å²) in [5, 5.41) is 9.53. The van der Waals surface area contributed by atoms with Gasteiger partial charge >= 0.3 is 5.97 Å². The maximum Gasteiger partial charge on any atom is 0.335 e. The van der Waals surface area contributed by atoms with E-state index < -0.39 is 5.97 Å². The van der Waals surface area contributed by atoms with E-state index in [0.29, 0.717) is 16.6 Å². The minimum atomic E-state index is -0.962. The van der Waals surface area contributed by atoms with Crippen molar-refractivity contribution < 1.29 is 14.3 Å². The summed E-state index contributed by atoms with van der Waals surface area (Å²) in [5.41, 5.74) is 2.55. The number of nitrogens with zero attached hydrogens (tertiary/aromatic N) is 1. The van der Waals surface area contributed by atoms with E-state index in [9.17, 15) is 4.79 Å². The number of oxazole rings is 1. The van der Waals surface area contributed by atoms with E-state index in [1.807, 2.05) is 12.1 Å². The van der Waals surface area contributed by atoms with Crippen LogP contribution in [0, 0.1) is 0 Å². The van der Waals surface area contributed by atoms with Gasteiger partial charge in [-0.1, -0.05) is 23.7 Å². The molecular formula is C16H10ClNO3. The number of halogens is 1. The van der Waals surface area contributed by atoms with Gasteiger partial charge in [0.15, 0.2) is 0 Å². The minimum absolute atomic E-state index is 0.225. The lowest BCUT2D eigenvalue weighted by molar-refractivity contribution is 0.0697. The predicted octanol–water partition coefficient (Wildman–Crippen LogP) is 4.36. The molecule has 0 spiro atoms. The quantitative estimate of drug-likeness (QED) is 0.780. The molecule has 0 saturated heterocycles. The van der Waals surface area contributed by atoms with Crippen molar-refractivity contribution in [2.24, 2.45) is 0 Å². The van der Waals surface area contributed by atoms with Crippen LogP contribution in [0.25, 0.3) is 22.7 Å².